The van der Waals surface area contributed by atoms with Gasteiger partial charge in [0, 0.05) is 0 Å². The molecule has 0 aromatic heterocycles. The maximum absolute atomic E-state index is 10.6. The monoisotopic (exact) mass is 231 g/mol. The molecule has 1 aliphatic heterocycles. The van der Waals surface area contributed by atoms with E-state index in [4.69, 9.17) is 9.90 Å². The van der Waals surface area contributed by atoms with Gasteiger partial charge in [-0.3, -0.25) is 0 Å². The Morgan fingerprint density at radius 2 is 1.40 bits per heavy atom. The Bertz CT molecular complexity index is 153. The Morgan fingerprint density at radius 1 is 1.07 bits per heavy atom. The van der Waals surface area contributed by atoms with Gasteiger partial charge in [-0.05, 0) is 25.9 Å². The van der Waals surface area contributed by atoms with Gasteiger partial charge in [-0.2, -0.15) is 13.2 Å². The SMILES string of the molecule is C1CCCNCC1.O.O=C(O)C(F)(F)F. The van der Waals surface area contributed by atoms with Crippen molar-refractivity contribution in [1.29, 1.82) is 0 Å². The second-order valence-electron chi connectivity index (χ2n) is 2.97. The molecule has 1 heterocycles. The summed E-state index contributed by atoms with van der Waals surface area (Å²) in [5, 5.41) is 10.5. The summed E-state index contributed by atoms with van der Waals surface area (Å²) in [4.78, 5) is 8.90. The quantitative estimate of drug-likeness (QED) is 0.651. The van der Waals surface area contributed by atoms with Crippen LogP contribution in [0.3, 0.4) is 0 Å². The van der Waals surface area contributed by atoms with E-state index >= 15 is 0 Å². The fourth-order valence-electron chi connectivity index (χ4n) is 0.979. The van der Waals surface area contributed by atoms with Crippen LogP contribution in [0.5, 0.6) is 0 Å². The molecule has 0 radical (unpaired) electrons. The second-order valence-corrected chi connectivity index (χ2v) is 2.97. The number of halogens is 3. The Labute approximate surface area is 85.8 Å². The van der Waals surface area contributed by atoms with Gasteiger partial charge in [-0.15, -0.1) is 0 Å². The predicted molar refractivity (Wildman–Crippen MR) is 48.6 cm³/mol. The standard InChI is InChI=1S/C6H13N.C2HF3O2.H2O/c1-2-4-6-7-5-3-1;3-2(4,5)1(6)7;/h7H,1-6H2;(H,6,7);1H2. The highest BCUT2D eigenvalue weighted by Crippen LogP contribution is 2.13. The van der Waals surface area contributed by atoms with E-state index in [1.165, 1.54) is 38.8 Å². The highest BCUT2D eigenvalue weighted by atomic mass is 19.4. The third-order valence-corrected chi connectivity index (χ3v) is 1.70. The normalized spacial score (nSPS) is 16.5. The molecule has 92 valence electrons. The highest BCUT2D eigenvalue weighted by molar-refractivity contribution is 5.73. The van der Waals surface area contributed by atoms with Crippen molar-refractivity contribution >= 4 is 5.97 Å². The van der Waals surface area contributed by atoms with E-state index < -0.39 is 12.1 Å². The van der Waals surface area contributed by atoms with Gasteiger partial charge in [0.05, 0.1) is 0 Å². The number of nitrogens with one attached hydrogen (secondary N) is 1. The van der Waals surface area contributed by atoms with Crippen LogP contribution in [0.25, 0.3) is 0 Å². The van der Waals surface area contributed by atoms with Gasteiger partial charge in [0.2, 0.25) is 0 Å². The molecule has 0 unspecified atom stereocenters. The van der Waals surface area contributed by atoms with Crippen LogP contribution in [0.15, 0.2) is 0 Å². The van der Waals surface area contributed by atoms with E-state index in [0.717, 1.165) is 0 Å². The lowest BCUT2D eigenvalue weighted by Gasteiger charge is -1.93. The first-order valence-corrected chi connectivity index (χ1v) is 4.45. The van der Waals surface area contributed by atoms with Gasteiger partial charge in [0.25, 0.3) is 0 Å². The number of carbonyl (C=O) groups is 1. The maximum Gasteiger partial charge on any atom is 0.490 e. The van der Waals surface area contributed by atoms with Crippen LogP contribution in [-0.4, -0.2) is 35.8 Å². The zero-order valence-corrected chi connectivity index (χ0v) is 8.23. The largest absolute Gasteiger partial charge is 0.490 e. The molecule has 0 amide bonds. The van der Waals surface area contributed by atoms with Gasteiger partial charge in [0.15, 0.2) is 0 Å². The summed E-state index contributed by atoms with van der Waals surface area (Å²) in [5.41, 5.74) is 0. The molecular weight excluding hydrogens is 215 g/mol. The Balaban J connectivity index is 0. The number of hydrogen-bond acceptors (Lipinski definition) is 2. The molecule has 1 fully saturated rings. The number of hydrogen-bond donors (Lipinski definition) is 2. The molecule has 0 aliphatic carbocycles. The third-order valence-electron chi connectivity index (χ3n) is 1.70. The van der Waals surface area contributed by atoms with Crippen LogP contribution in [-0.2, 0) is 4.79 Å². The van der Waals surface area contributed by atoms with Crippen molar-refractivity contribution in [2.75, 3.05) is 13.1 Å². The van der Waals surface area contributed by atoms with Crippen LogP contribution in [0.4, 0.5) is 13.2 Å². The van der Waals surface area contributed by atoms with Crippen molar-refractivity contribution in [3.05, 3.63) is 0 Å². The van der Waals surface area contributed by atoms with Crippen molar-refractivity contribution in [1.82, 2.24) is 5.32 Å². The predicted octanol–water partition coefficient (Wildman–Crippen LogP) is 0.959. The molecule has 0 spiro atoms. The lowest BCUT2D eigenvalue weighted by Crippen LogP contribution is -2.21. The Kier molecular flexibility index (Phi) is 9.39. The highest BCUT2D eigenvalue weighted by Gasteiger charge is 2.38. The molecule has 0 atom stereocenters. The van der Waals surface area contributed by atoms with E-state index in [1.54, 1.807) is 0 Å². The molecule has 0 aromatic rings. The summed E-state index contributed by atoms with van der Waals surface area (Å²) in [6.45, 7) is 2.50. The molecule has 1 rings (SSSR count). The summed E-state index contributed by atoms with van der Waals surface area (Å²) < 4.78 is 31.7. The van der Waals surface area contributed by atoms with Crippen molar-refractivity contribution in [2.24, 2.45) is 0 Å². The second kappa shape index (κ2) is 8.49. The van der Waals surface area contributed by atoms with Gasteiger partial charge < -0.3 is 15.9 Å². The zero-order chi connectivity index (χ0) is 11.0. The first-order chi connectivity index (χ1) is 6.44. The van der Waals surface area contributed by atoms with Crippen molar-refractivity contribution in [2.45, 2.75) is 31.9 Å². The van der Waals surface area contributed by atoms with E-state index in [0.29, 0.717) is 0 Å². The minimum atomic E-state index is -5.08. The lowest BCUT2D eigenvalue weighted by molar-refractivity contribution is -0.192. The molecule has 0 aromatic carbocycles. The average molecular weight is 231 g/mol. The molecule has 7 heteroatoms. The van der Waals surface area contributed by atoms with E-state index in [2.05, 4.69) is 5.32 Å². The van der Waals surface area contributed by atoms with Crippen LogP contribution in [0.2, 0.25) is 0 Å². The minimum Gasteiger partial charge on any atom is -0.475 e. The molecule has 0 bridgehead atoms. The molecule has 0 saturated carbocycles. The van der Waals surface area contributed by atoms with Crippen LogP contribution in [0.1, 0.15) is 25.7 Å². The molecular formula is C8H16F3NO3. The van der Waals surface area contributed by atoms with E-state index in [9.17, 15) is 13.2 Å². The van der Waals surface area contributed by atoms with Crippen LogP contribution >= 0.6 is 0 Å². The average Bonchev–Trinajstić information content (AvgIpc) is 2.33. The fraction of sp³-hybridized carbons (Fsp3) is 0.875. The van der Waals surface area contributed by atoms with E-state index in [1.807, 2.05) is 0 Å². The van der Waals surface area contributed by atoms with Gasteiger partial charge in [0.1, 0.15) is 0 Å². The molecule has 1 saturated heterocycles. The Hall–Kier alpha value is -0.820. The van der Waals surface area contributed by atoms with Gasteiger partial charge in [-0.1, -0.05) is 12.8 Å². The first kappa shape index (κ1) is 16.6. The summed E-state index contributed by atoms with van der Waals surface area (Å²) in [6.07, 6.45) is 0.569. The van der Waals surface area contributed by atoms with Crippen molar-refractivity contribution < 1.29 is 28.5 Å². The summed E-state index contributed by atoms with van der Waals surface area (Å²) in [5.74, 6) is -2.76. The van der Waals surface area contributed by atoms with Crippen LogP contribution in [0, 0.1) is 0 Å². The minimum absolute atomic E-state index is 0. The summed E-state index contributed by atoms with van der Waals surface area (Å²) in [7, 11) is 0. The molecule has 15 heavy (non-hydrogen) atoms. The fourth-order valence-corrected chi connectivity index (χ4v) is 0.979. The maximum atomic E-state index is 10.6. The third kappa shape index (κ3) is 11.1. The number of aliphatic carboxylic acids is 1. The summed E-state index contributed by atoms with van der Waals surface area (Å²) >= 11 is 0. The van der Waals surface area contributed by atoms with Gasteiger partial charge in [-0.25, -0.2) is 4.79 Å². The smallest absolute Gasteiger partial charge is 0.475 e. The first-order valence-electron chi connectivity index (χ1n) is 4.45. The van der Waals surface area contributed by atoms with E-state index in [-0.39, 0.29) is 5.48 Å². The number of carboxylic acids is 1. The lowest BCUT2D eigenvalue weighted by atomic mass is 10.2. The van der Waals surface area contributed by atoms with Gasteiger partial charge >= 0.3 is 12.1 Å². The van der Waals surface area contributed by atoms with Crippen LogP contribution < -0.4 is 5.32 Å². The zero-order valence-electron chi connectivity index (χ0n) is 8.23. The molecule has 4 nitrogen and oxygen atoms in total. The Morgan fingerprint density at radius 3 is 1.67 bits per heavy atom. The number of rotatable bonds is 0. The number of carboxylic acid groups (broad SMARTS) is 1. The van der Waals surface area contributed by atoms with Crippen molar-refractivity contribution in [3.63, 3.8) is 0 Å². The molecule has 4 N–H and O–H groups in total. The number of alkyl halides is 3. The summed E-state index contributed by atoms with van der Waals surface area (Å²) in [6, 6.07) is 0. The molecule has 1 aliphatic rings. The topological polar surface area (TPSA) is 80.8 Å². The van der Waals surface area contributed by atoms with Crippen molar-refractivity contribution in [3.8, 4) is 0 Å².